The monoisotopic (exact) mass is 662 g/mol. The van der Waals surface area contributed by atoms with E-state index in [1.54, 1.807) is 15.6 Å². The van der Waals surface area contributed by atoms with E-state index in [4.69, 9.17) is 0 Å². The third-order valence-corrected chi connectivity index (χ3v) is 9.16. The van der Waals surface area contributed by atoms with Crippen molar-refractivity contribution in [3.63, 3.8) is 0 Å². The van der Waals surface area contributed by atoms with Crippen molar-refractivity contribution in [1.82, 2.24) is 24.5 Å². The van der Waals surface area contributed by atoms with Gasteiger partial charge in [0.25, 0.3) is 0 Å². The number of amides is 1. The molecule has 11 heteroatoms. The van der Waals surface area contributed by atoms with Crippen molar-refractivity contribution in [3.8, 4) is 12.1 Å². The summed E-state index contributed by atoms with van der Waals surface area (Å²) in [5.74, 6) is -0.714. The summed E-state index contributed by atoms with van der Waals surface area (Å²) in [6, 6.07) is 20.0. The first-order valence-corrected chi connectivity index (χ1v) is 17.1. The quantitative estimate of drug-likeness (QED) is 0.240. The molecule has 0 unspecified atom stereocenters. The molecule has 1 amide bonds. The van der Waals surface area contributed by atoms with Gasteiger partial charge in [0.05, 0.1) is 12.2 Å². The van der Waals surface area contributed by atoms with Gasteiger partial charge in [-0.15, -0.1) is 0 Å². The van der Waals surface area contributed by atoms with E-state index >= 15 is 0 Å². The molecule has 2 aliphatic rings. The predicted octanol–water partition coefficient (Wildman–Crippen LogP) is 5.76. The lowest BCUT2D eigenvalue weighted by atomic mass is 10.1. The molecule has 2 saturated heterocycles. The summed E-state index contributed by atoms with van der Waals surface area (Å²) in [6.45, 7) is 13.1. The van der Waals surface area contributed by atoms with E-state index in [9.17, 15) is 25.2 Å². The van der Waals surface area contributed by atoms with E-state index < -0.39 is 5.97 Å². The molecule has 3 heterocycles. The van der Waals surface area contributed by atoms with E-state index in [1.807, 2.05) is 30.9 Å². The highest BCUT2D eigenvalue weighted by Crippen LogP contribution is 2.27. The minimum Gasteiger partial charge on any atom is -0.476 e. The third-order valence-electron chi connectivity index (χ3n) is 9.16. The van der Waals surface area contributed by atoms with Gasteiger partial charge in [-0.2, -0.15) is 15.6 Å². The van der Waals surface area contributed by atoms with Crippen LogP contribution in [0.15, 0.2) is 59.9 Å². The number of carboxylic acid groups (broad SMARTS) is 1. The molecule has 49 heavy (non-hydrogen) atoms. The Morgan fingerprint density at radius 2 is 1.59 bits per heavy atom. The van der Waals surface area contributed by atoms with E-state index in [0.29, 0.717) is 37.7 Å². The Balaban J connectivity index is 1.41. The summed E-state index contributed by atoms with van der Waals surface area (Å²) in [5, 5.41) is 33.8. The molecule has 256 valence electrons. The molecule has 0 radical (unpaired) electrons. The molecule has 2 aromatic carbocycles. The lowest BCUT2D eigenvalue weighted by Crippen LogP contribution is -2.35. The minimum atomic E-state index is -1.12. The van der Waals surface area contributed by atoms with Crippen LogP contribution >= 0.6 is 0 Å². The number of hydrogen-bond donors (Lipinski definition) is 1. The number of nitrogens with zero attached hydrogens (tertiary/aromatic N) is 8. The first-order chi connectivity index (χ1) is 23.6. The Morgan fingerprint density at radius 1 is 0.898 bits per heavy atom. The number of aromatic nitrogens is 2. The maximum absolute atomic E-state index is 14.3. The second kappa shape index (κ2) is 15.8. The zero-order valence-corrected chi connectivity index (χ0v) is 29.0. The first-order valence-electron chi connectivity index (χ1n) is 17.1. The van der Waals surface area contributed by atoms with E-state index in [1.165, 1.54) is 19.3 Å². The van der Waals surface area contributed by atoms with Crippen molar-refractivity contribution < 1.29 is 14.7 Å². The van der Waals surface area contributed by atoms with E-state index in [-0.39, 0.29) is 36.2 Å². The number of aryl methyl sites for hydroxylation is 2. The van der Waals surface area contributed by atoms with Crippen LogP contribution in [0, 0.1) is 36.5 Å². The molecule has 2 fully saturated rings. The van der Waals surface area contributed by atoms with Crippen LogP contribution in [-0.2, 0) is 24.4 Å². The summed E-state index contributed by atoms with van der Waals surface area (Å²) in [6.07, 6.45) is 3.75. The Bertz CT molecular complexity index is 1750. The zero-order valence-electron chi connectivity index (χ0n) is 29.0. The van der Waals surface area contributed by atoms with Crippen LogP contribution in [-0.4, -0.2) is 74.2 Å². The molecule has 0 saturated carbocycles. The number of piperidine rings is 1. The highest BCUT2D eigenvalue weighted by molar-refractivity contribution is 5.93. The van der Waals surface area contributed by atoms with Crippen molar-refractivity contribution >= 4 is 17.6 Å². The Hall–Kier alpha value is -5.13. The highest BCUT2D eigenvalue weighted by Gasteiger charge is 2.30. The van der Waals surface area contributed by atoms with Gasteiger partial charge >= 0.3 is 5.97 Å². The van der Waals surface area contributed by atoms with Gasteiger partial charge < -0.3 is 19.8 Å². The SMILES string of the molecule is Cc1cc(C)cc(CN2CCN(CCC(=O)N(Cc3cc(C(=O)O)nn3C(C)C)c3cccc(CN4CCCCC4)c3)C2=C(C#N)C#N)c1. The topological polar surface area (TPSA) is 133 Å². The third kappa shape index (κ3) is 8.67. The summed E-state index contributed by atoms with van der Waals surface area (Å²) >= 11 is 0. The maximum Gasteiger partial charge on any atom is 0.356 e. The van der Waals surface area contributed by atoms with Gasteiger partial charge in [0.2, 0.25) is 5.91 Å². The summed E-state index contributed by atoms with van der Waals surface area (Å²) in [7, 11) is 0. The smallest absolute Gasteiger partial charge is 0.356 e. The average Bonchev–Trinajstić information content (AvgIpc) is 3.68. The largest absolute Gasteiger partial charge is 0.476 e. The van der Waals surface area contributed by atoms with Crippen LogP contribution < -0.4 is 4.90 Å². The molecular formula is C38H46N8O3. The molecule has 0 atom stereocenters. The number of aromatic carboxylic acids is 1. The number of allylic oxidation sites excluding steroid dienone is 1. The summed E-state index contributed by atoms with van der Waals surface area (Å²) in [5.41, 5.74) is 5.83. The van der Waals surface area contributed by atoms with Gasteiger partial charge in [0.15, 0.2) is 11.3 Å². The van der Waals surface area contributed by atoms with Crippen molar-refractivity contribution in [1.29, 1.82) is 10.5 Å². The molecule has 1 N–H and O–H groups in total. The molecule has 1 aromatic heterocycles. The Morgan fingerprint density at radius 3 is 2.24 bits per heavy atom. The van der Waals surface area contributed by atoms with Crippen molar-refractivity contribution in [3.05, 3.63) is 93.6 Å². The van der Waals surface area contributed by atoms with E-state index in [0.717, 1.165) is 47.6 Å². The number of carbonyl (C=O) groups is 2. The fourth-order valence-electron chi connectivity index (χ4n) is 7.00. The van der Waals surface area contributed by atoms with Crippen LogP contribution in [0.25, 0.3) is 0 Å². The van der Waals surface area contributed by atoms with E-state index in [2.05, 4.69) is 71.2 Å². The number of nitriles is 2. The number of hydrogen-bond acceptors (Lipinski definition) is 8. The number of likely N-dealkylation sites (tertiary alicyclic amines) is 1. The molecule has 5 rings (SSSR count). The summed E-state index contributed by atoms with van der Waals surface area (Å²) in [4.78, 5) is 34.3. The second-order valence-electron chi connectivity index (χ2n) is 13.4. The highest BCUT2D eigenvalue weighted by atomic mass is 16.4. The fraction of sp³-hybridized carbons (Fsp3) is 0.447. The Labute approximate surface area is 289 Å². The van der Waals surface area contributed by atoms with Crippen LogP contribution in [0.4, 0.5) is 5.69 Å². The van der Waals surface area contributed by atoms with Crippen LogP contribution in [0.3, 0.4) is 0 Å². The Kier molecular flexibility index (Phi) is 11.4. The molecule has 2 aliphatic heterocycles. The van der Waals surface area contributed by atoms with Crippen molar-refractivity contribution in [2.75, 3.05) is 37.6 Å². The van der Waals surface area contributed by atoms with Gasteiger partial charge in [-0.3, -0.25) is 14.4 Å². The molecule has 3 aromatic rings. The van der Waals surface area contributed by atoms with Crippen LogP contribution in [0.1, 0.15) is 84.0 Å². The van der Waals surface area contributed by atoms with Crippen LogP contribution in [0.5, 0.6) is 0 Å². The van der Waals surface area contributed by atoms with Gasteiger partial charge in [0.1, 0.15) is 18.0 Å². The lowest BCUT2D eigenvalue weighted by molar-refractivity contribution is -0.119. The number of anilines is 1. The molecular weight excluding hydrogens is 616 g/mol. The number of carboxylic acids is 1. The second-order valence-corrected chi connectivity index (χ2v) is 13.4. The fourth-order valence-corrected chi connectivity index (χ4v) is 7.00. The van der Waals surface area contributed by atoms with Crippen molar-refractivity contribution in [2.24, 2.45) is 0 Å². The van der Waals surface area contributed by atoms with Gasteiger partial charge in [0, 0.05) is 50.9 Å². The summed E-state index contributed by atoms with van der Waals surface area (Å²) < 4.78 is 1.67. The molecule has 0 bridgehead atoms. The number of rotatable bonds is 12. The average molecular weight is 663 g/mol. The maximum atomic E-state index is 14.3. The number of carbonyl (C=O) groups excluding carboxylic acids is 1. The van der Waals surface area contributed by atoms with Crippen LogP contribution in [0.2, 0.25) is 0 Å². The van der Waals surface area contributed by atoms with Gasteiger partial charge in [-0.05, 0) is 83.0 Å². The predicted molar refractivity (Wildman–Crippen MR) is 187 cm³/mol. The standard InChI is InChI=1S/C38H46N8O3/c1-27(2)46-34(21-35(41-46)38(48)49)26-45(33-10-8-9-30(20-33)24-42-12-6-5-7-13-42)36(47)11-14-43-15-16-44(37(43)32(22-39)23-40)25-31-18-28(3)17-29(4)19-31/h8-10,17-21,27H,5-7,11-16,24-26H2,1-4H3,(H,48,49). The van der Waals surface area contributed by atoms with Gasteiger partial charge in [-0.1, -0.05) is 47.9 Å². The first kappa shape index (κ1) is 35.2. The van der Waals surface area contributed by atoms with Gasteiger partial charge in [-0.25, -0.2) is 4.79 Å². The number of benzene rings is 2. The van der Waals surface area contributed by atoms with Crippen molar-refractivity contribution in [2.45, 2.75) is 79.1 Å². The lowest BCUT2D eigenvalue weighted by Gasteiger charge is -2.29. The molecule has 11 nitrogen and oxygen atoms in total. The minimum absolute atomic E-state index is 0.0265. The molecule has 0 aliphatic carbocycles. The molecule has 0 spiro atoms. The zero-order chi connectivity index (χ0) is 35.1. The normalized spacial score (nSPS) is 15.0.